The average Bonchev–Trinajstić information content (AvgIpc) is 2.74. The number of fused-ring (bicyclic) bond motifs is 1. The third-order valence-electron chi connectivity index (χ3n) is 2.94. The molecular formula is C16H11BrO3. The Hall–Kier alpha value is -2.07. The van der Waals surface area contributed by atoms with E-state index in [0.717, 1.165) is 16.5 Å². The molecule has 0 saturated heterocycles. The molecule has 0 spiro atoms. The fraction of sp³-hybridized carbons (Fsp3) is 0.0625. The highest BCUT2D eigenvalue weighted by atomic mass is 79.9. The molecule has 0 radical (unpaired) electrons. The minimum absolute atomic E-state index is 0.349. The van der Waals surface area contributed by atoms with Crippen LogP contribution in [0.3, 0.4) is 0 Å². The van der Waals surface area contributed by atoms with Gasteiger partial charge in [0.05, 0.1) is 0 Å². The molecule has 2 aromatic carbocycles. The monoisotopic (exact) mass is 330 g/mol. The van der Waals surface area contributed by atoms with Gasteiger partial charge in [-0.1, -0.05) is 30.3 Å². The lowest BCUT2D eigenvalue weighted by Crippen LogP contribution is -2.00. The van der Waals surface area contributed by atoms with Crippen LogP contribution >= 0.6 is 15.9 Å². The van der Waals surface area contributed by atoms with E-state index < -0.39 is 0 Å². The van der Waals surface area contributed by atoms with E-state index in [0.29, 0.717) is 16.0 Å². The molecule has 0 saturated carbocycles. The number of benzene rings is 2. The van der Waals surface area contributed by atoms with Crippen LogP contribution in [0.5, 0.6) is 5.75 Å². The minimum atomic E-state index is -0.349. The molecule has 0 aliphatic carbocycles. The summed E-state index contributed by atoms with van der Waals surface area (Å²) in [5.41, 5.74) is 2.74. The van der Waals surface area contributed by atoms with E-state index in [1.54, 1.807) is 12.1 Å². The van der Waals surface area contributed by atoms with E-state index >= 15 is 0 Å². The van der Waals surface area contributed by atoms with Gasteiger partial charge in [0, 0.05) is 23.9 Å². The second-order valence-corrected chi connectivity index (χ2v) is 5.09. The van der Waals surface area contributed by atoms with Crippen molar-refractivity contribution in [3.8, 4) is 16.9 Å². The van der Waals surface area contributed by atoms with E-state index in [2.05, 4.69) is 15.9 Å². The highest BCUT2D eigenvalue weighted by molar-refractivity contribution is 9.10. The Balaban J connectivity index is 2.15. The van der Waals surface area contributed by atoms with Gasteiger partial charge in [-0.3, -0.25) is 4.79 Å². The molecule has 1 heterocycles. The smallest absolute Gasteiger partial charge is 0.308 e. The van der Waals surface area contributed by atoms with E-state index in [9.17, 15) is 4.79 Å². The highest BCUT2D eigenvalue weighted by Gasteiger charge is 2.14. The van der Waals surface area contributed by atoms with Crippen LogP contribution in [-0.2, 0) is 4.79 Å². The zero-order valence-corrected chi connectivity index (χ0v) is 12.3. The molecule has 3 rings (SSSR count). The first-order valence-electron chi connectivity index (χ1n) is 6.11. The molecule has 3 nitrogen and oxygen atoms in total. The van der Waals surface area contributed by atoms with Gasteiger partial charge in [0.15, 0.2) is 4.67 Å². The number of hydrogen-bond acceptors (Lipinski definition) is 3. The van der Waals surface area contributed by atoms with Crippen molar-refractivity contribution in [2.24, 2.45) is 0 Å². The number of ether oxygens (including phenoxy) is 1. The van der Waals surface area contributed by atoms with Crippen molar-refractivity contribution >= 4 is 32.9 Å². The Morgan fingerprint density at radius 1 is 1.15 bits per heavy atom. The highest BCUT2D eigenvalue weighted by Crippen LogP contribution is 2.39. The lowest BCUT2D eigenvalue weighted by atomic mass is 10.1. The Morgan fingerprint density at radius 3 is 2.60 bits per heavy atom. The maximum atomic E-state index is 11.0. The van der Waals surface area contributed by atoms with Gasteiger partial charge in [-0.25, -0.2) is 0 Å². The zero-order chi connectivity index (χ0) is 14.1. The number of rotatable bonds is 2. The van der Waals surface area contributed by atoms with Crippen LogP contribution in [0.1, 0.15) is 6.92 Å². The first kappa shape index (κ1) is 12.9. The van der Waals surface area contributed by atoms with Gasteiger partial charge in [-0.15, -0.1) is 0 Å². The Bertz CT molecular complexity index is 775. The summed E-state index contributed by atoms with van der Waals surface area (Å²) in [5, 5.41) is 0.971. The first-order valence-corrected chi connectivity index (χ1v) is 6.90. The normalized spacial score (nSPS) is 10.7. The lowest BCUT2D eigenvalue weighted by molar-refractivity contribution is -0.131. The molecule has 0 unspecified atom stereocenters. The summed E-state index contributed by atoms with van der Waals surface area (Å²) in [5.74, 6) is 0.129. The Morgan fingerprint density at radius 2 is 1.90 bits per heavy atom. The second-order valence-electron chi connectivity index (χ2n) is 4.37. The maximum Gasteiger partial charge on any atom is 0.308 e. The predicted octanol–water partition coefficient (Wildman–Crippen LogP) is 4.79. The van der Waals surface area contributed by atoms with Gasteiger partial charge in [-0.05, 0) is 33.6 Å². The molecule has 1 aromatic heterocycles. The van der Waals surface area contributed by atoms with E-state index in [1.807, 2.05) is 36.4 Å². The molecule has 0 atom stereocenters. The van der Waals surface area contributed by atoms with Gasteiger partial charge in [0.25, 0.3) is 0 Å². The molecule has 4 heteroatoms. The third kappa shape index (κ3) is 2.34. The minimum Gasteiger partial charge on any atom is -0.449 e. The molecule has 0 aliphatic heterocycles. The summed E-state index contributed by atoms with van der Waals surface area (Å²) in [6.45, 7) is 1.37. The topological polar surface area (TPSA) is 39.4 Å². The SMILES string of the molecule is CC(=O)Oc1ccc2c(-c3ccccc3)c(Br)oc2c1. The molecule has 0 amide bonds. The summed E-state index contributed by atoms with van der Waals surface area (Å²) in [6, 6.07) is 15.3. The van der Waals surface area contributed by atoms with Gasteiger partial charge >= 0.3 is 5.97 Å². The van der Waals surface area contributed by atoms with Gasteiger partial charge in [-0.2, -0.15) is 0 Å². The van der Waals surface area contributed by atoms with Crippen LogP contribution in [0, 0.1) is 0 Å². The summed E-state index contributed by atoms with van der Waals surface area (Å²) in [6.07, 6.45) is 0. The van der Waals surface area contributed by atoms with Crippen LogP contribution in [0.4, 0.5) is 0 Å². The standard InChI is InChI=1S/C16H11BrO3/c1-10(18)19-12-7-8-13-14(9-12)20-16(17)15(13)11-5-3-2-4-6-11/h2-9H,1H3. The van der Waals surface area contributed by atoms with E-state index in [1.165, 1.54) is 6.92 Å². The Kier molecular flexibility index (Phi) is 3.32. The molecule has 20 heavy (non-hydrogen) atoms. The summed E-state index contributed by atoms with van der Waals surface area (Å²) < 4.78 is 11.4. The van der Waals surface area contributed by atoms with E-state index in [4.69, 9.17) is 9.15 Å². The number of furan rings is 1. The van der Waals surface area contributed by atoms with Crippen molar-refractivity contribution in [2.75, 3.05) is 0 Å². The molecular weight excluding hydrogens is 320 g/mol. The lowest BCUT2D eigenvalue weighted by Gasteiger charge is -2.01. The quantitative estimate of drug-likeness (QED) is 0.501. The average molecular weight is 331 g/mol. The number of carbonyl (C=O) groups is 1. The summed E-state index contributed by atoms with van der Waals surface area (Å²) in [4.78, 5) is 11.0. The molecule has 0 bridgehead atoms. The maximum absolute atomic E-state index is 11.0. The largest absolute Gasteiger partial charge is 0.449 e. The second kappa shape index (κ2) is 5.13. The van der Waals surface area contributed by atoms with Crippen LogP contribution in [0.15, 0.2) is 57.6 Å². The van der Waals surface area contributed by atoms with Crippen molar-refractivity contribution in [2.45, 2.75) is 6.92 Å². The van der Waals surface area contributed by atoms with Crippen molar-refractivity contribution in [3.05, 3.63) is 53.2 Å². The van der Waals surface area contributed by atoms with Crippen molar-refractivity contribution in [1.29, 1.82) is 0 Å². The number of carbonyl (C=O) groups excluding carboxylic acids is 1. The van der Waals surface area contributed by atoms with Crippen molar-refractivity contribution < 1.29 is 13.9 Å². The number of esters is 1. The van der Waals surface area contributed by atoms with E-state index in [-0.39, 0.29) is 5.97 Å². The summed E-state index contributed by atoms with van der Waals surface area (Å²) >= 11 is 3.45. The fourth-order valence-corrected chi connectivity index (χ4v) is 2.77. The molecule has 0 fully saturated rings. The first-order chi connectivity index (χ1) is 9.65. The Labute approximate surface area is 124 Å². The van der Waals surface area contributed by atoms with Crippen LogP contribution in [0.25, 0.3) is 22.1 Å². The molecule has 3 aromatic rings. The van der Waals surface area contributed by atoms with Crippen molar-refractivity contribution in [3.63, 3.8) is 0 Å². The third-order valence-corrected chi connectivity index (χ3v) is 3.50. The number of hydrogen-bond donors (Lipinski definition) is 0. The molecule has 100 valence electrons. The zero-order valence-electron chi connectivity index (χ0n) is 10.7. The number of halogens is 1. The molecule has 0 aliphatic rings. The predicted molar refractivity (Wildman–Crippen MR) is 80.7 cm³/mol. The van der Waals surface area contributed by atoms with Crippen molar-refractivity contribution in [1.82, 2.24) is 0 Å². The van der Waals surface area contributed by atoms with Gasteiger partial charge in [0.2, 0.25) is 0 Å². The van der Waals surface area contributed by atoms with Crippen LogP contribution in [0.2, 0.25) is 0 Å². The van der Waals surface area contributed by atoms with Gasteiger partial charge in [0.1, 0.15) is 11.3 Å². The van der Waals surface area contributed by atoms with Gasteiger partial charge < -0.3 is 9.15 Å². The molecule has 0 N–H and O–H groups in total. The fourth-order valence-electron chi connectivity index (χ4n) is 2.15. The van der Waals surface area contributed by atoms with Crippen LogP contribution in [-0.4, -0.2) is 5.97 Å². The summed E-state index contributed by atoms with van der Waals surface area (Å²) in [7, 11) is 0. The van der Waals surface area contributed by atoms with Crippen LogP contribution < -0.4 is 4.74 Å².